The number of hydrogen-bond acceptors (Lipinski definition) is 2. The zero-order valence-electron chi connectivity index (χ0n) is 8.39. The van der Waals surface area contributed by atoms with Crippen molar-refractivity contribution in [3.63, 3.8) is 0 Å². The fourth-order valence-corrected chi connectivity index (χ4v) is 3.92. The van der Waals surface area contributed by atoms with Gasteiger partial charge in [0.15, 0.2) is 0 Å². The van der Waals surface area contributed by atoms with Crippen molar-refractivity contribution in [2.45, 2.75) is 51.1 Å². The Balaban J connectivity index is 2.56. The Morgan fingerprint density at radius 2 is 2.00 bits per heavy atom. The Bertz CT molecular complexity index is 183. The van der Waals surface area contributed by atoms with Crippen molar-refractivity contribution in [1.29, 1.82) is 0 Å². The molecule has 0 aromatic heterocycles. The predicted molar refractivity (Wildman–Crippen MR) is 51.9 cm³/mol. The molecule has 0 radical (unpaired) electrons. The topological polar surface area (TPSA) is 26.3 Å². The van der Waals surface area contributed by atoms with Gasteiger partial charge >= 0.3 is 5.97 Å². The number of esters is 1. The highest BCUT2D eigenvalue weighted by Gasteiger charge is 2.49. The van der Waals surface area contributed by atoms with E-state index in [1.165, 1.54) is 0 Å². The molecule has 0 aromatic carbocycles. The van der Waals surface area contributed by atoms with Crippen molar-refractivity contribution in [3.05, 3.63) is 0 Å². The van der Waals surface area contributed by atoms with Gasteiger partial charge in [0.1, 0.15) is 6.10 Å². The van der Waals surface area contributed by atoms with Crippen molar-refractivity contribution in [2.75, 3.05) is 0 Å². The Kier molecular flexibility index (Phi) is 2.61. The van der Waals surface area contributed by atoms with E-state index in [9.17, 15) is 4.79 Å². The second-order valence-electron chi connectivity index (χ2n) is 4.61. The number of carbonyl (C=O) groups is 1. The van der Waals surface area contributed by atoms with Gasteiger partial charge in [-0.3, -0.25) is 4.79 Å². The molecular weight excluding hydrogens is 168 g/mol. The number of rotatable bonds is 3. The number of carbonyl (C=O) groups excluding carboxylic acids is 1. The molecule has 1 rings (SSSR count). The summed E-state index contributed by atoms with van der Waals surface area (Å²) in [5.41, 5.74) is 0.262. The van der Waals surface area contributed by atoms with Crippen LogP contribution in [0.15, 0.2) is 0 Å². The molecule has 0 unspecified atom stereocenters. The highest BCUT2D eigenvalue weighted by atomic mass is 28.3. The molecule has 0 bridgehead atoms. The van der Waals surface area contributed by atoms with Crippen molar-refractivity contribution >= 4 is 14.0 Å². The lowest BCUT2D eigenvalue weighted by Crippen LogP contribution is -2.52. The summed E-state index contributed by atoms with van der Waals surface area (Å²) in [6, 6.07) is 0. The van der Waals surface area contributed by atoms with Crippen molar-refractivity contribution in [2.24, 2.45) is 0 Å². The van der Waals surface area contributed by atoms with E-state index in [0.717, 1.165) is 12.8 Å². The van der Waals surface area contributed by atoms with Crippen LogP contribution in [0.5, 0.6) is 0 Å². The second kappa shape index (κ2) is 3.21. The average Bonchev–Trinajstić information content (AvgIpc) is 1.82. The first kappa shape index (κ1) is 9.77. The Hall–Kier alpha value is -0.313. The molecule has 2 nitrogen and oxygen atoms in total. The lowest BCUT2D eigenvalue weighted by atomic mass is 10.1. The molecule has 0 aliphatic carbocycles. The van der Waals surface area contributed by atoms with Crippen LogP contribution in [-0.4, -0.2) is 20.1 Å². The van der Waals surface area contributed by atoms with Gasteiger partial charge in [-0.2, -0.15) is 0 Å². The summed E-state index contributed by atoms with van der Waals surface area (Å²) >= 11 is 0. The molecule has 1 aliphatic heterocycles. The summed E-state index contributed by atoms with van der Waals surface area (Å²) in [7, 11) is -1.31. The standard InChI is InChI=1S/C9H18O2Si/c1-5-6-7-8(9(10)11-7)12(2,3)4/h7-8H,5-6H2,1-4H3/t7-,8-/m1/s1. The molecule has 1 saturated heterocycles. The van der Waals surface area contributed by atoms with Crippen molar-refractivity contribution < 1.29 is 9.53 Å². The molecular formula is C9H18O2Si. The molecule has 0 aromatic rings. The fraction of sp³-hybridized carbons (Fsp3) is 0.889. The average molecular weight is 186 g/mol. The third kappa shape index (κ3) is 1.71. The molecule has 1 heterocycles. The molecule has 3 heteroatoms. The SMILES string of the molecule is CCC[C@H]1OC(=O)[C@@H]1[Si](C)(C)C. The summed E-state index contributed by atoms with van der Waals surface area (Å²) in [5, 5.41) is 0. The van der Waals surface area contributed by atoms with E-state index in [0.29, 0.717) is 0 Å². The van der Waals surface area contributed by atoms with E-state index in [1.807, 2.05) is 0 Å². The number of ether oxygens (including phenoxy) is 1. The van der Waals surface area contributed by atoms with E-state index in [4.69, 9.17) is 4.74 Å². The van der Waals surface area contributed by atoms with Crippen molar-refractivity contribution in [1.82, 2.24) is 0 Å². The fourth-order valence-electron chi connectivity index (χ4n) is 1.79. The van der Waals surface area contributed by atoms with Gasteiger partial charge in [-0.05, 0) is 6.42 Å². The smallest absolute Gasteiger partial charge is 0.310 e. The van der Waals surface area contributed by atoms with E-state index < -0.39 is 8.07 Å². The summed E-state index contributed by atoms with van der Waals surface area (Å²) < 4.78 is 5.11. The Morgan fingerprint density at radius 1 is 1.42 bits per heavy atom. The first-order chi connectivity index (χ1) is 5.46. The maximum absolute atomic E-state index is 11.2. The normalized spacial score (nSPS) is 29.5. The molecule has 1 aliphatic rings. The van der Waals surface area contributed by atoms with E-state index >= 15 is 0 Å². The van der Waals surface area contributed by atoms with Crippen LogP contribution in [0.3, 0.4) is 0 Å². The van der Waals surface area contributed by atoms with Crippen LogP contribution in [0.4, 0.5) is 0 Å². The van der Waals surface area contributed by atoms with E-state index in [2.05, 4.69) is 26.6 Å². The molecule has 0 saturated carbocycles. The molecule has 0 N–H and O–H groups in total. The summed E-state index contributed by atoms with van der Waals surface area (Å²) in [6.45, 7) is 8.84. The Morgan fingerprint density at radius 3 is 2.33 bits per heavy atom. The minimum atomic E-state index is -1.31. The van der Waals surface area contributed by atoms with Crippen LogP contribution in [0.25, 0.3) is 0 Å². The molecule has 0 spiro atoms. The van der Waals surface area contributed by atoms with Crippen LogP contribution >= 0.6 is 0 Å². The third-order valence-corrected chi connectivity index (χ3v) is 4.87. The minimum absolute atomic E-state index is 0.0487. The largest absolute Gasteiger partial charge is 0.462 e. The molecule has 70 valence electrons. The minimum Gasteiger partial charge on any atom is -0.462 e. The van der Waals surface area contributed by atoms with Crippen LogP contribution < -0.4 is 0 Å². The first-order valence-corrected chi connectivity index (χ1v) is 8.25. The highest BCUT2D eigenvalue weighted by molar-refractivity contribution is 6.81. The summed E-state index contributed by atoms with van der Waals surface area (Å²) in [6.07, 6.45) is 2.40. The highest BCUT2D eigenvalue weighted by Crippen LogP contribution is 2.39. The van der Waals surface area contributed by atoms with Crippen LogP contribution in [0.1, 0.15) is 19.8 Å². The summed E-state index contributed by atoms with van der Waals surface area (Å²) in [5.74, 6) is 0.0487. The van der Waals surface area contributed by atoms with Gasteiger partial charge in [-0.15, -0.1) is 0 Å². The zero-order chi connectivity index (χ0) is 9.35. The van der Waals surface area contributed by atoms with Crippen LogP contribution in [0.2, 0.25) is 25.2 Å². The van der Waals surface area contributed by atoms with Gasteiger partial charge in [-0.1, -0.05) is 33.0 Å². The lowest BCUT2D eigenvalue weighted by molar-refractivity contribution is -0.170. The van der Waals surface area contributed by atoms with Gasteiger partial charge in [0.25, 0.3) is 0 Å². The van der Waals surface area contributed by atoms with Gasteiger partial charge < -0.3 is 4.74 Å². The predicted octanol–water partition coefficient (Wildman–Crippen LogP) is 2.42. The molecule has 0 amide bonds. The Labute approximate surface area is 75.3 Å². The van der Waals surface area contributed by atoms with Crippen molar-refractivity contribution in [3.8, 4) is 0 Å². The molecule has 1 fully saturated rings. The quantitative estimate of drug-likeness (QED) is 0.500. The monoisotopic (exact) mass is 186 g/mol. The van der Waals surface area contributed by atoms with Crippen LogP contribution in [-0.2, 0) is 9.53 Å². The van der Waals surface area contributed by atoms with E-state index in [-0.39, 0.29) is 17.6 Å². The van der Waals surface area contributed by atoms with E-state index in [1.54, 1.807) is 0 Å². The zero-order valence-corrected chi connectivity index (χ0v) is 9.39. The number of hydrogen-bond donors (Lipinski definition) is 0. The van der Waals surface area contributed by atoms with Gasteiger partial charge in [-0.25, -0.2) is 0 Å². The van der Waals surface area contributed by atoms with Gasteiger partial charge in [0.2, 0.25) is 0 Å². The van der Waals surface area contributed by atoms with Gasteiger partial charge in [0.05, 0.1) is 13.6 Å². The first-order valence-electron chi connectivity index (χ1n) is 4.67. The van der Waals surface area contributed by atoms with Gasteiger partial charge in [0, 0.05) is 0 Å². The third-order valence-electron chi connectivity index (χ3n) is 2.40. The lowest BCUT2D eigenvalue weighted by Gasteiger charge is -2.41. The maximum Gasteiger partial charge on any atom is 0.310 e. The number of cyclic esters (lactones) is 1. The molecule has 12 heavy (non-hydrogen) atoms. The second-order valence-corrected chi connectivity index (χ2v) is 9.96. The molecule has 2 atom stereocenters. The maximum atomic E-state index is 11.2. The summed E-state index contributed by atoms with van der Waals surface area (Å²) in [4.78, 5) is 11.2. The van der Waals surface area contributed by atoms with Crippen LogP contribution in [0, 0.1) is 0 Å².